The standard InChI is InChI=1S/C14H15NO3S/c1-8-4-5-11(6-9(8)2)18-7-12-15-13(14(16)17)10(3)19-12/h4-6H,7H2,1-3H3,(H,16,17). The Morgan fingerprint density at radius 1 is 1.32 bits per heavy atom. The van der Waals surface area contributed by atoms with Crippen LogP contribution in [0.15, 0.2) is 18.2 Å². The minimum absolute atomic E-state index is 0.115. The van der Waals surface area contributed by atoms with Crippen molar-refractivity contribution in [1.29, 1.82) is 0 Å². The van der Waals surface area contributed by atoms with Crippen molar-refractivity contribution in [3.63, 3.8) is 0 Å². The molecule has 0 fully saturated rings. The normalized spacial score (nSPS) is 10.5. The second-order valence-corrected chi connectivity index (χ2v) is 5.64. The molecular weight excluding hydrogens is 262 g/mol. The molecule has 5 heteroatoms. The SMILES string of the molecule is Cc1ccc(OCc2nc(C(=O)O)c(C)s2)cc1C. The molecule has 19 heavy (non-hydrogen) atoms. The fourth-order valence-corrected chi connectivity index (χ4v) is 2.50. The van der Waals surface area contributed by atoms with Gasteiger partial charge >= 0.3 is 5.97 Å². The Kier molecular flexibility index (Phi) is 3.85. The van der Waals surface area contributed by atoms with E-state index in [1.807, 2.05) is 32.0 Å². The molecule has 2 aromatic rings. The lowest BCUT2D eigenvalue weighted by Gasteiger charge is -2.06. The average Bonchev–Trinajstić information content (AvgIpc) is 2.72. The van der Waals surface area contributed by atoms with Crippen LogP contribution in [0.2, 0.25) is 0 Å². The molecule has 0 saturated carbocycles. The molecule has 0 aliphatic rings. The Bertz CT molecular complexity index is 619. The van der Waals surface area contributed by atoms with Gasteiger partial charge < -0.3 is 9.84 Å². The largest absolute Gasteiger partial charge is 0.486 e. The third-order valence-electron chi connectivity index (χ3n) is 2.88. The van der Waals surface area contributed by atoms with Crippen molar-refractivity contribution in [1.82, 2.24) is 4.98 Å². The van der Waals surface area contributed by atoms with E-state index < -0.39 is 5.97 Å². The Morgan fingerprint density at radius 2 is 2.05 bits per heavy atom. The van der Waals surface area contributed by atoms with Crippen LogP contribution in [0.3, 0.4) is 0 Å². The van der Waals surface area contributed by atoms with Crippen LogP contribution in [-0.4, -0.2) is 16.1 Å². The van der Waals surface area contributed by atoms with Crippen LogP contribution in [0.4, 0.5) is 0 Å². The molecule has 2 rings (SSSR count). The van der Waals surface area contributed by atoms with Gasteiger partial charge in [0.05, 0.1) is 0 Å². The molecule has 0 unspecified atom stereocenters. The summed E-state index contributed by atoms with van der Waals surface area (Å²) in [5.41, 5.74) is 2.49. The number of hydrogen-bond acceptors (Lipinski definition) is 4. The van der Waals surface area contributed by atoms with Gasteiger partial charge in [-0.05, 0) is 44.0 Å². The highest BCUT2D eigenvalue weighted by Gasteiger charge is 2.14. The predicted octanol–water partition coefficient (Wildman–Crippen LogP) is 3.35. The van der Waals surface area contributed by atoms with Gasteiger partial charge in [-0.25, -0.2) is 9.78 Å². The van der Waals surface area contributed by atoms with Gasteiger partial charge in [-0.1, -0.05) is 6.07 Å². The van der Waals surface area contributed by atoms with Crippen molar-refractivity contribution in [2.75, 3.05) is 0 Å². The minimum atomic E-state index is -0.994. The summed E-state index contributed by atoms with van der Waals surface area (Å²) in [6.45, 7) is 6.11. The number of benzene rings is 1. The van der Waals surface area contributed by atoms with Crippen LogP contribution in [0.5, 0.6) is 5.75 Å². The van der Waals surface area contributed by atoms with Crippen molar-refractivity contribution in [3.8, 4) is 5.75 Å². The topological polar surface area (TPSA) is 59.4 Å². The van der Waals surface area contributed by atoms with Gasteiger partial charge in [0.1, 0.15) is 17.4 Å². The first-order valence-electron chi connectivity index (χ1n) is 5.87. The maximum Gasteiger partial charge on any atom is 0.355 e. The second-order valence-electron chi connectivity index (χ2n) is 4.35. The molecule has 1 aromatic heterocycles. The Labute approximate surface area is 115 Å². The fourth-order valence-electron chi connectivity index (χ4n) is 1.66. The lowest BCUT2D eigenvalue weighted by molar-refractivity contribution is 0.0690. The van der Waals surface area contributed by atoms with Crippen LogP contribution in [0.1, 0.15) is 31.5 Å². The highest BCUT2D eigenvalue weighted by Crippen LogP contribution is 2.21. The molecule has 0 atom stereocenters. The molecule has 0 bridgehead atoms. The van der Waals surface area contributed by atoms with Gasteiger partial charge in [0.25, 0.3) is 0 Å². The summed E-state index contributed by atoms with van der Waals surface area (Å²) in [4.78, 5) is 15.7. The molecule has 0 amide bonds. The fraction of sp³-hybridized carbons (Fsp3) is 0.286. The van der Waals surface area contributed by atoms with E-state index in [9.17, 15) is 4.79 Å². The summed E-state index contributed by atoms with van der Waals surface area (Å²) >= 11 is 1.35. The van der Waals surface area contributed by atoms with E-state index in [-0.39, 0.29) is 5.69 Å². The number of ether oxygens (including phenoxy) is 1. The molecule has 0 aliphatic heterocycles. The van der Waals surface area contributed by atoms with Gasteiger partial charge in [0, 0.05) is 4.88 Å². The zero-order valence-corrected chi connectivity index (χ0v) is 11.9. The number of carboxylic acids is 1. The first kappa shape index (κ1) is 13.5. The number of hydrogen-bond donors (Lipinski definition) is 1. The molecule has 0 saturated heterocycles. The number of aromatic carboxylic acids is 1. The number of rotatable bonds is 4. The quantitative estimate of drug-likeness (QED) is 0.931. The monoisotopic (exact) mass is 277 g/mol. The molecule has 100 valence electrons. The van der Waals surface area contributed by atoms with E-state index in [1.165, 1.54) is 22.5 Å². The Morgan fingerprint density at radius 3 is 2.63 bits per heavy atom. The summed E-state index contributed by atoms with van der Waals surface area (Å²) in [5.74, 6) is -0.223. The van der Waals surface area contributed by atoms with Gasteiger partial charge in [-0.2, -0.15) is 0 Å². The first-order valence-corrected chi connectivity index (χ1v) is 6.68. The molecule has 0 radical (unpaired) electrons. The minimum Gasteiger partial charge on any atom is -0.486 e. The molecule has 4 nitrogen and oxygen atoms in total. The van der Waals surface area contributed by atoms with E-state index in [0.29, 0.717) is 16.5 Å². The maximum absolute atomic E-state index is 10.9. The van der Waals surface area contributed by atoms with Crippen molar-refractivity contribution in [2.24, 2.45) is 0 Å². The Hall–Kier alpha value is -1.88. The zero-order chi connectivity index (χ0) is 14.0. The highest BCUT2D eigenvalue weighted by atomic mass is 32.1. The van der Waals surface area contributed by atoms with Crippen LogP contribution in [0.25, 0.3) is 0 Å². The van der Waals surface area contributed by atoms with Gasteiger partial charge in [-0.15, -0.1) is 11.3 Å². The summed E-state index contributed by atoms with van der Waals surface area (Å²) in [5, 5.41) is 9.61. The van der Waals surface area contributed by atoms with Gasteiger partial charge in [0.15, 0.2) is 5.69 Å². The molecule has 1 N–H and O–H groups in total. The van der Waals surface area contributed by atoms with E-state index in [1.54, 1.807) is 6.92 Å². The highest BCUT2D eigenvalue weighted by molar-refractivity contribution is 7.11. The lowest BCUT2D eigenvalue weighted by atomic mass is 10.1. The number of carboxylic acid groups (broad SMARTS) is 1. The van der Waals surface area contributed by atoms with Crippen molar-refractivity contribution < 1.29 is 14.6 Å². The van der Waals surface area contributed by atoms with E-state index in [4.69, 9.17) is 9.84 Å². The molecule has 0 aliphatic carbocycles. The Balaban J connectivity index is 2.08. The number of aromatic nitrogens is 1. The summed E-state index contributed by atoms with van der Waals surface area (Å²) in [6.07, 6.45) is 0. The van der Waals surface area contributed by atoms with E-state index in [2.05, 4.69) is 4.98 Å². The van der Waals surface area contributed by atoms with Crippen LogP contribution in [-0.2, 0) is 6.61 Å². The van der Waals surface area contributed by atoms with E-state index in [0.717, 1.165) is 5.75 Å². The second kappa shape index (κ2) is 5.40. The third-order valence-corrected chi connectivity index (χ3v) is 3.83. The predicted molar refractivity (Wildman–Crippen MR) is 74.1 cm³/mol. The average molecular weight is 277 g/mol. The smallest absolute Gasteiger partial charge is 0.355 e. The molecule has 1 aromatic carbocycles. The molecule has 1 heterocycles. The number of carbonyl (C=O) groups is 1. The summed E-state index contributed by atoms with van der Waals surface area (Å²) < 4.78 is 5.63. The lowest BCUT2D eigenvalue weighted by Crippen LogP contribution is -2.00. The van der Waals surface area contributed by atoms with Crippen LogP contribution in [0, 0.1) is 20.8 Å². The van der Waals surface area contributed by atoms with Gasteiger partial charge in [0.2, 0.25) is 0 Å². The summed E-state index contributed by atoms with van der Waals surface area (Å²) in [7, 11) is 0. The summed E-state index contributed by atoms with van der Waals surface area (Å²) in [6, 6.07) is 5.87. The van der Waals surface area contributed by atoms with E-state index >= 15 is 0 Å². The maximum atomic E-state index is 10.9. The first-order chi connectivity index (χ1) is 8.97. The number of thiazole rings is 1. The van der Waals surface area contributed by atoms with Gasteiger partial charge in [-0.3, -0.25) is 0 Å². The van der Waals surface area contributed by atoms with Crippen LogP contribution < -0.4 is 4.74 Å². The van der Waals surface area contributed by atoms with Crippen molar-refractivity contribution in [3.05, 3.63) is 44.9 Å². The third kappa shape index (κ3) is 3.12. The van der Waals surface area contributed by atoms with Crippen LogP contribution >= 0.6 is 11.3 Å². The zero-order valence-electron chi connectivity index (χ0n) is 11.1. The number of nitrogens with zero attached hydrogens (tertiary/aromatic N) is 1. The molecule has 0 spiro atoms. The van der Waals surface area contributed by atoms with Crippen molar-refractivity contribution >= 4 is 17.3 Å². The number of aryl methyl sites for hydroxylation is 3. The molecular formula is C14H15NO3S. The van der Waals surface area contributed by atoms with Crippen molar-refractivity contribution in [2.45, 2.75) is 27.4 Å².